The SMILES string of the molecule is CC[C@H]1OC(F)(C(F)c2ccccc2)[C@H](OCc2ccccc2)[C@@H](OCc2ccccc2)[C@@H]1C.CC[C@H]1O[C@@H](C(F)(F)c2ccccc2)[C@H](OCc2ccccc2)[C@@H](OCc2ccccc2)[C@@H]1C.CC[C@H]1O[C@@H](C(F)(F)c2ccccc2Cc2ccccc2)[C@H](OCc2ccccc2)[C@@H](OCc2ccccc2)[C@@H]1C.CC[C@H]1O[C@@H](C(F)c2ccccc2)[C@H](OCc2ccccc2)[C@@H](OCc2ccccc2)[C@@H]1C. The largest absolute Gasteiger partial charge is 0.370 e. The minimum absolute atomic E-state index is 0.0339. The molecule has 4 fully saturated rings. The number of rotatable bonds is 38. The van der Waals surface area contributed by atoms with Crippen molar-refractivity contribution in [2.75, 3.05) is 0 Å². The molecule has 0 saturated carbocycles. The summed E-state index contributed by atoms with van der Waals surface area (Å²) in [7, 11) is 0. The van der Waals surface area contributed by atoms with E-state index in [0.717, 1.165) is 56.5 Å². The van der Waals surface area contributed by atoms with Gasteiger partial charge in [-0.05, 0) is 98.9 Å². The third-order valence-corrected chi connectivity index (χ3v) is 27.5. The van der Waals surface area contributed by atoms with Crippen molar-refractivity contribution in [3.63, 3.8) is 0 Å². The van der Waals surface area contributed by atoms with E-state index in [0.29, 0.717) is 63.2 Å². The van der Waals surface area contributed by atoms with E-state index in [-0.39, 0.29) is 85.1 Å². The summed E-state index contributed by atoms with van der Waals surface area (Å²) in [4.78, 5) is 0. The molecule has 4 saturated heterocycles. The zero-order valence-corrected chi connectivity index (χ0v) is 82.3. The first-order chi connectivity index (χ1) is 69.2. The molecule has 0 spiro atoms. The van der Waals surface area contributed by atoms with Gasteiger partial charge in [0, 0.05) is 34.8 Å². The number of benzene rings is 13. The Hall–Kier alpha value is -11.1. The van der Waals surface area contributed by atoms with Gasteiger partial charge in [0.15, 0.2) is 24.6 Å². The van der Waals surface area contributed by atoms with Crippen LogP contribution in [0.25, 0.3) is 0 Å². The van der Waals surface area contributed by atoms with Gasteiger partial charge in [-0.2, -0.15) is 17.6 Å². The second-order valence-corrected chi connectivity index (χ2v) is 37.3. The fourth-order valence-corrected chi connectivity index (χ4v) is 19.6. The molecule has 142 heavy (non-hydrogen) atoms. The fraction of sp³-hybridized carbons (Fsp3) is 0.366. The van der Waals surface area contributed by atoms with Crippen LogP contribution in [0.3, 0.4) is 0 Å². The van der Waals surface area contributed by atoms with Crippen LogP contribution in [0.1, 0.15) is 171 Å². The van der Waals surface area contributed by atoms with E-state index in [1.54, 1.807) is 72.8 Å². The summed E-state index contributed by atoms with van der Waals surface area (Å²) in [6.45, 7) is 18.2. The number of alkyl halides is 7. The van der Waals surface area contributed by atoms with Crippen LogP contribution in [0.5, 0.6) is 0 Å². The lowest BCUT2D eigenvalue weighted by Crippen LogP contribution is -2.62. The molecular formula is C123H135F7O12. The molecule has 17 rings (SSSR count). The molecule has 13 aromatic rings. The molecule has 0 radical (unpaired) electrons. The third kappa shape index (κ3) is 28.3. The van der Waals surface area contributed by atoms with Crippen molar-refractivity contribution in [3.05, 3.63) is 466 Å². The molecule has 748 valence electrons. The smallest absolute Gasteiger partial charge is 0.301 e. The van der Waals surface area contributed by atoms with Crippen molar-refractivity contribution in [3.8, 4) is 0 Å². The van der Waals surface area contributed by atoms with Crippen LogP contribution in [0, 0.1) is 23.7 Å². The summed E-state index contributed by atoms with van der Waals surface area (Å²) in [6, 6.07) is 120. The lowest BCUT2D eigenvalue weighted by molar-refractivity contribution is -0.343. The molecule has 22 atom stereocenters. The summed E-state index contributed by atoms with van der Waals surface area (Å²) in [5.74, 6) is -9.66. The monoisotopic (exact) mass is 1940 g/mol. The van der Waals surface area contributed by atoms with E-state index in [9.17, 15) is 0 Å². The number of ether oxygens (including phenoxy) is 12. The highest BCUT2D eigenvalue weighted by Crippen LogP contribution is 2.51. The molecule has 0 bridgehead atoms. The highest BCUT2D eigenvalue weighted by Gasteiger charge is 2.62. The average Bonchev–Trinajstić information content (AvgIpc) is 0.745. The Kier molecular flexibility index (Phi) is 40.2. The van der Waals surface area contributed by atoms with Gasteiger partial charge in [-0.15, -0.1) is 0 Å². The quantitative estimate of drug-likeness (QED) is 0.0344. The maximum Gasteiger partial charge on any atom is 0.301 e. The van der Waals surface area contributed by atoms with Gasteiger partial charge in [-0.3, -0.25) is 0 Å². The molecule has 0 aromatic heterocycles. The number of hydrogen-bond acceptors (Lipinski definition) is 12. The van der Waals surface area contributed by atoms with Gasteiger partial charge in [-0.1, -0.05) is 444 Å². The van der Waals surface area contributed by atoms with Crippen LogP contribution in [0.4, 0.5) is 30.7 Å². The third-order valence-electron chi connectivity index (χ3n) is 27.5. The van der Waals surface area contributed by atoms with Crippen molar-refractivity contribution >= 4 is 0 Å². The van der Waals surface area contributed by atoms with Gasteiger partial charge in [0.2, 0.25) is 0 Å². The van der Waals surface area contributed by atoms with Crippen molar-refractivity contribution in [2.45, 2.75) is 262 Å². The Morgan fingerprint density at radius 1 is 0.275 bits per heavy atom. The second kappa shape index (κ2) is 53.5. The lowest BCUT2D eigenvalue weighted by atomic mass is 9.82. The standard InChI is InChI=1S/C36H38F2O3.2C29H32F2O3.C29H33FO3/c1-3-32-26(2)33(39-24-28-17-9-5-10-18-28)34(40-25-29-19-11-6-12-20-29)35(41-32)36(37,38)31-22-14-13-21-30(31)23-27-15-7-4-8-16-27;1-3-25-21(2)26(32-19-22-13-7-4-8-14-22)27(33-20-23-15-9-5-10-16-23)28(34-25)29(30,31)24-17-11-6-12-18-24;1-3-25-21(2)26(32-19-22-13-7-4-8-14-22)28(33-20-23-15-9-5-10-16-23)29(31,34-25)27(30)24-17-11-6-12-18-24;1-3-25-21(2)27(31-19-22-13-7-4-8-14-22)29(32-20-23-15-9-5-10-16-23)28(33-25)26(30)24-17-11-6-12-18-24/h4-22,26,32-35H,3,23-25H2,1-2H3;2*4-18,21,25-28H,3,19-20H2,1-2H3;4-18,21,25-29H,3,19-20H2,1-2H3/t26-,32-,33+,34-,35-;21-,25-,26+,27-,28-;21-,25-,26+,27?,28-,29?;21-,25-,26?,27+,28+,29-/m1111/s1. The first kappa shape index (κ1) is 107. The molecule has 13 aromatic carbocycles. The molecule has 4 aliphatic heterocycles. The molecule has 4 aliphatic rings. The minimum atomic E-state index is -3.32. The van der Waals surface area contributed by atoms with Crippen LogP contribution in [-0.2, 0) is 128 Å². The maximum atomic E-state index is 16.9. The van der Waals surface area contributed by atoms with Crippen molar-refractivity contribution in [1.82, 2.24) is 0 Å². The molecule has 4 heterocycles. The summed E-state index contributed by atoms with van der Waals surface area (Å²) in [6.07, 6.45) is -11.4. The van der Waals surface area contributed by atoms with Gasteiger partial charge in [0.25, 0.3) is 5.85 Å². The summed E-state index contributed by atoms with van der Waals surface area (Å²) in [5.41, 5.74) is 9.99. The van der Waals surface area contributed by atoms with Crippen LogP contribution in [0.15, 0.2) is 388 Å². The second-order valence-electron chi connectivity index (χ2n) is 37.3. The van der Waals surface area contributed by atoms with E-state index < -0.39 is 103 Å². The molecule has 0 amide bonds. The minimum Gasteiger partial charge on any atom is -0.370 e. The molecule has 0 aliphatic carbocycles. The summed E-state index contributed by atoms with van der Waals surface area (Å²) < 4.78 is 190. The Bertz CT molecular complexity index is 5700. The molecule has 19 heteroatoms. The van der Waals surface area contributed by atoms with Crippen LogP contribution < -0.4 is 0 Å². The summed E-state index contributed by atoms with van der Waals surface area (Å²) in [5, 5.41) is 0. The van der Waals surface area contributed by atoms with Gasteiger partial charge in [0.1, 0.15) is 30.5 Å². The van der Waals surface area contributed by atoms with E-state index in [4.69, 9.17) is 56.8 Å². The Balaban J connectivity index is 0.000000151. The highest BCUT2D eigenvalue weighted by molar-refractivity contribution is 5.38. The molecule has 0 N–H and O–H groups in total. The topological polar surface area (TPSA) is 111 Å². The Labute approximate surface area is 834 Å². The average molecular weight is 1940 g/mol. The Morgan fingerprint density at radius 2 is 0.535 bits per heavy atom. The predicted molar refractivity (Wildman–Crippen MR) is 543 cm³/mol. The van der Waals surface area contributed by atoms with E-state index in [2.05, 4.69) is 13.8 Å². The highest BCUT2D eigenvalue weighted by atomic mass is 19.3. The van der Waals surface area contributed by atoms with E-state index >= 15 is 30.7 Å². The zero-order valence-electron chi connectivity index (χ0n) is 82.3. The van der Waals surface area contributed by atoms with Crippen LogP contribution in [0.2, 0.25) is 0 Å². The van der Waals surface area contributed by atoms with Crippen molar-refractivity contribution in [2.24, 2.45) is 23.7 Å². The van der Waals surface area contributed by atoms with E-state index in [1.807, 2.05) is 339 Å². The van der Waals surface area contributed by atoms with Gasteiger partial charge < -0.3 is 56.8 Å². The van der Waals surface area contributed by atoms with Gasteiger partial charge >= 0.3 is 11.8 Å². The van der Waals surface area contributed by atoms with Crippen molar-refractivity contribution in [1.29, 1.82) is 0 Å². The van der Waals surface area contributed by atoms with Crippen LogP contribution in [-0.4, -0.2) is 97.4 Å². The summed E-state index contributed by atoms with van der Waals surface area (Å²) >= 11 is 0. The van der Waals surface area contributed by atoms with Crippen molar-refractivity contribution < 1.29 is 87.6 Å². The van der Waals surface area contributed by atoms with Crippen LogP contribution >= 0.6 is 0 Å². The fourth-order valence-electron chi connectivity index (χ4n) is 19.6. The molecule has 12 nitrogen and oxygen atoms in total. The first-order valence-corrected chi connectivity index (χ1v) is 50.1. The van der Waals surface area contributed by atoms with Gasteiger partial charge in [0.05, 0.1) is 102 Å². The van der Waals surface area contributed by atoms with E-state index in [1.165, 1.54) is 18.2 Å². The molecule has 3 unspecified atom stereocenters. The number of hydrogen-bond donors (Lipinski definition) is 0. The zero-order chi connectivity index (χ0) is 99.6. The Morgan fingerprint density at radius 3 is 0.887 bits per heavy atom. The molecular weight excluding hydrogens is 1800 g/mol. The normalized spacial score (nSPS) is 25.4. The number of halogens is 7. The maximum absolute atomic E-state index is 16.9. The predicted octanol–water partition coefficient (Wildman–Crippen LogP) is 28.8. The van der Waals surface area contributed by atoms with Gasteiger partial charge in [-0.25, -0.2) is 13.2 Å². The first-order valence-electron chi connectivity index (χ1n) is 50.1. The lowest BCUT2D eigenvalue weighted by Gasteiger charge is -2.49.